The van der Waals surface area contributed by atoms with Crippen molar-refractivity contribution in [1.82, 2.24) is 0 Å². The van der Waals surface area contributed by atoms with Crippen LogP contribution < -0.4 is 0 Å². The van der Waals surface area contributed by atoms with Gasteiger partial charge in [-0.2, -0.15) is 0 Å². The maximum absolute atomic E-state index is 11.2. The first kappa shape index (κ1) is 12.1. The molecule has 0 aliphatic heterocycles. The number of carboxylic acid groups (broad SMARTS) is 1. The van der Waals surface area contributed by atoms with Gasteiger partial charge in [0, 0.05) is 6.42 Å². The number of halogens is 1. The zero-order chi connectivity index (χ0) is 8.97. The number of thiophene rings is 1. The number of carbonyl (C=O) groups is 2. The molecule has 0 bridgehead atoms. The molecule has 0 saturated carbocycles. The van der Waals surface area contributed by atoms with Crippen LogP contribution in [0.2, 0.25) is 0 Å². The molecule has 1 N–H and O–H groups in total. The van der Waals surface area contributed by atoms with Gasteiger partial charge in [-0.1, -0.05) is 6.07 Å². The minimum absolute atomic E-state index is 0. The van der Waals surface area contributed by atoms with E-state index in [0.29, 0.717) is 4.88 Å². The number of hydrogen-bond donors (Lipinski definition) is 1. The molecule has 0 aliphatic rings. The molecule has 0 radical (unpaired) electrons. The van der Waals surface area contributed by atoms with Crippen molar-refractivity contribution >= 4 is 35.5 Å². The quantitative estimate of drug-likeness (QED) is 0.792. The Kier molecular flexibility index (Phi) is 5.34. The Morgan fingerprint density at radius 3 is 2.54 bits per heavy atom. The van der Waals surface area contributed by atoms with Gasteiger partial charge in [0.25, 0.3) is 0 Å². The fourth-order valence-corrected chi connectivity index (χ4v) is 1.48. The normalized spacial score (nSPS) is 8.92. The van der Waals surface area contributed by atoms with Gasteiger partial charge in [-0.3, -0.25) is 9.59 Å². The summed E-state index contributed by atoms with van der Waals surface area (Å²) in [7, 11) is 0. The zero-order valence-corrected chi connectivity index (χ0v) is 8.36. The third-order valence-corrected chi connectivity index (χ3v) is 2.27. The second kappa shape index (κ2) is 5.72. The van der Waals surface area contributed by atoms with E-state index in [-0.39, 0.29) is 31.0 Å². The van der Waals surface area contributed by atoms with Crippen LogP contribution in [0.15, 0.2) is 17.5 Å². The Hall–Kier alpha value is -0.870. The minimum atomic E-state index is -0.931. The summed E-state index contributed by atoms with van der Waals surface area (Å²) in [4.78, 5) is 21.9. The molecule has 72 valence electrons. The average molecular weight is 221 g/mol. The van der Waals surface area contributed by atoms with E-state index >= 15 is 0 Å². The molecule has 1 heterocycles. The molecule has 0 fully saturated rings. The lowest BCUT2D eigenvalue weighted by atomic mass is 10.2. The van der Waals surface area contributed by atoms with Gasteiger partial charge in [0.1, 0.15) is 0 Å². The molecule has 13 heavy (non-hydrogen) atoms. The maximum Gasteiger partial charge on any atom is 0.303 e. The topological polar surface area (TPSA) is 54.4 Å². The van der Waals surface area contributed by atoms with Gasteiger partial charge < -0.3 is 5.11 Å². The molecule has 1 rings (SSSR count). The predicted octanol–water partition coefficient (Wildman–Crippen LogP) is 2.22. The van der Waals surface area contributed by atoms with Crippen molar-refractivity contribution in [3.8, 4) is 0 Å². The number of rotatable bonds is 4. The first-order valence-corrected chi connectivity index (χ1v) is 4.36. The number of carbonyl (C=O) groups excluding carboxylic acids is 1. The van der Waals surface area contributed by atoms with Crippen molar-refractivity contribution in [2.24, 2.45) is 0 Å². The van der Waals surface area contributed by atoms with Crippen LogP contribution in [0.4, 0.5) is 0 Å². The molecular formula is C8H9ClO3S. The molecule has 5 heteroatoms. The van der Waals surface area contributed by atoms with Crippen molar-refractivity contribution in [2.45, 2.75) is 12.8 Å². The van der Waals surface area contributed by atoms with Crippen LogP contribution >= 0.6 is 23.7 Å². The van der Waals surface area contributed by atoms with Gasteiger partial charge >= 0.3 is 5.97 Å². The van der Waals surface area contributed by atoms with Gasteiger partial charge in [0.05, 0.1) is 11.3 Å². The third kappa shape index (κ3) is 4.05. The molecule has 3 nitrogen and oxygen atoms in total. The van der Waals surface area contributed by atoms with Gasteiger partial charge in [0.15, 0.2) is 5.78 Å². The van der Waals surface area contributed by atoms with E-state index in [0.717, 1.165) is 0 Å². The predicted molar refractivity (Wildman–Crippen MR) is 52.8 cm³/mol. The standard InChI is InChI=1S/C8H8O3S.ClH/c9-6(3-4-8(10)11)7-2-1-5-12-7;/h1-2,5H,3-4H2,(H,10,11);1H. The molecular weight excluding hydrogens is 212 g/mol. The van der Waals surface area contributed by atoms with Crippen LogP contribution in [-0.2, 0) is 4.79 Å². The Morgan fingerprint density at radius 2 is 2.08 bits per heavy atom. The number of Topliss-reactive ketones (excluding diaryl/α,β-unsaturated/α-hetero) is 1. The van der Waals surface area contributed by atoms with Gasteiger partial charge in [-0.05, 0) is 11.4 Å². The minimum Gasteiger partial charge on any atom is -0.481 e. The Labute approximate surface area is 85.8 Å². The van der Waals surface area contributed by atoms with E-state index in [1.807, 2.05) is 0 Å². The molecule has 0 saturated heterocycles. The van der Waals surface area contributed by atoms with E-state index in [1.54, 1.807) is 17.5 Å². The lowest BCUT2D eigenvalue weighted by Crippen LogP contribution is -2.01. The van der Waals surface area contributed by atoms with Crippen LogP contribution in [0.3, 0.4) is 0 Å². The second-order valence-electron chi connectivity index (χ2n) is 2.29. The molecule has 0 spiro atoms. The molecule has 0 aromatic carbocycles. The number of aliphatic carboxylic acids is 1. The Bertz CT molecular complexity index is 282. The van der Waals surface area contributed by atoms with Gasteiger partial charge in [-0.25, -0.2) is 0 Å². The summed E-state index contributed by atoms with van der Waals surface area (Å²) < 4.78 is 0. The van der Waals surface area contributed by atoms with Crippen molar-refractivity contribution in [3.05, 3.63) is 22.4 Å². The van der Waals surface area contributed by atoms with E-state index in [9.17, 15) is 9.59 Å². The van der Waals surface area contributed by atoms with E-state index < -0.39 is 5.97 Å². The van der Waals surface area contributed by atoms with E-state index in [4.69, 9.17) is 5.11 Å². The molecule has 0 unspecified atom stereocenters. The monoisotopic (exact) mass is 220 g/mol. The smallest absolute Gasteiger partial charge is 0.303 e. The van der Waals surface area contributed by atoms with Crippen LogP contribution in [0.5, 0.6) is 0 Å². The molecule has 0 amide bonds. The van der Waals surface area contributed by atoms with Crippen LogP contribution in [0.1, 0.15) is 22.5 Å². The first-order chi connectivity index (χ1) is 5.70. The molecule has 1 aromatic heterocycles. The highest BCUT2D eigenvalue weighted by molar-refractivity contribution is 7.12. The highest BCUT2D eigenvalue weighted by Gasteiger charge is 2.08. The van der Waals surface area contributed by atoms with Crippen LogP contribution in [-0.4, -0.2) is 16.9 Å². The molecule has 0 atom stereocenters. The Balaban J connectivity index is 0.00000144. The largest absolute Gasteiger partial charge is 0.481 e. The van der Waals surface area contributed by atoms with E-state index in [1.165, 1.54) is 11.3 Å². The first-order valence-electron chi connectivity index (χ1n) is 3.48. The SMILES string of the molecule is Cl.O=C(O)CCC(=O)c1cccs1. The molecule has 1 aromatic rings. The summed E-state index contributed by atoms with van der Waals surface area (Å²) in [6.07, 6.45) is 0.00653. The highest BCUT2D eigenvalue weighted by Crippen LogP contribution is 2.11. The zero-order valence-electron chi connectivity index (χ0n) is 6.73. The van der Waals surface area contributed by atoms with Gasteiger partial charge in [-0.15, -0.1) is 23.7 Å². The summed E-state index contributed by atoms with van der Waals surface area (Å²) in [5.41, 5.74) is 0. The number of carboxylic acids is 1. The lowest BCUT2D eigenvalue weighted by molar-refractivity contribution is -0.136. The second-order valence-corrected chi connectivity index (χ2v) is 3.24. The maximum atomic E-state index is 11.2. The van der Waals surface area contributed by atoms with Gasteiger partial charge in [0.2, 0.25) is 0 Å². The highest BCUT2D eigenvalue weighted by atomic mass is 35.5. The van der Waals surface area contributed by atoms with Crippen LogP contribution in [0, 0.1) is 0 Å². The number of hydrogen-bond acceptors (Lipinski definition) is 3. The third-order valence-electron chi connectivity index (χ3n) is 1.36. The molecule has 0 aliphatic carbocycles. The summed E-state index contributed by atoms with van der Waals surface area (Å²) in [5, 5.41) is 10.1. The van der Waals surface area contributed by atoms with E-state index in [2.05, 4.69) is 0 Å². The fourth-order valence-electron chi connectivity index (χ4n) is 0.781. The Morgan fingerprint density at radius 1 is 1.38 bits per heavy atom. The van der Waals surface area contributed by atoms with Crippen LogP contribution in [0.25, 0.3) is 0 Å². The van der Waals surface area contributed by atoms with Crippen molar-refractivity contribution in [3.63, 3.8) is 0 Å². The fraction of sp³-hybridized carbons (Fsp3) is 0.250. The average Bonchev–Trinajstić information content (AvgIpc) is 2.51. The summed E-state index contributed by atoms with van der Waals surface area (Å²) in [6.45, 7) is 0. The van der Waals surface area contributed by atoms with Crippen molar-refractivity contribution in [1.29, 1.82) is 0 Å². The summed E-state index contributed by atoms with van der Waals surface area (Å²) >= 11 is 1.34. The van der Waals surface area contributed by atoms with Crippen molar-refractivity contribution < 1.29 is 14.7 Å². The summed E-state index contributed by atoms with van der Waals surface area (Å²) in [6, 6.07) is 3.48. The lowest BCUT2D eigenvalue weighted by Gasteiger charge is -1.92. The number of ketones is 1. The summed E-state index contributed by atoms with van der Waals surface area (Å²) in [5.74, 6) is -1.02. The van der Waals surface area contributed by atoms with Crippen molar-refractivity contribution in [2.75, 3.05) is 0 Å².